The van der Waals surface area contributed by atoms with Crippen LogP contribution >= 0.6 is 0 Å². The monoisotopic (exact) mass is 360 g/mol. The quantitative estimate of drug-likeness (QED) is 0.798. The number of carbonyl (C=O) groups excluding carboxylic acids is 2. The molecular weight excluding hydrogens is 339 g/mol. The van der Waals surface area contributed by atoms with Gasteiger partial charge in [-0.3, -0.25) is 9.59 Å². The molecule has 0 spiro atoms. The number of ether oxygens (including phenoxy) is 1. The van der Waals surface area contributed by atoms with Crippen LogP contribution in [0.25, 0.3) is 0 Å². The zero-order valence-corrected chi connectivity index (χ0v) is 15.0. The second kappa shape index (κ2) is 7.23. The van der Waals surface area contributed by atoms with Crippen LogP contribution in [0, 0.1) is 5.82 Å². The average Bonchev–Trinajstić information content (AvgIpc) is 2.88. The maximum atomic E-state index is 13.8. The number of carbonyl (C=O) groups is 2. The van der Waals surface area contributed by atoms with Gasteiger partial charge in [0.25, 0.3) is 0 Å². The smallest absolute Gasteiger partial charge is 0.217 e. The predicted octanol–water partition coefficient (Wildman–Crippen LogP) is 2.12. The SMILES string of the molecule is CC(=O)NC1CC(c2nnc(COc3ccc(C(C)=O)c(F)c3)n2C)C1. The highest BCUT2D eigenvalue weighted by Gasteiger charge is 2.34. The minimum Gasteiger partial charge on any atom is -0.486 e. The third kappa shape index (κ3) is 3.74. The standard InChI is InChI=1S/C18H21FN4O3/c1-10(24)15-5-4-14(8-16(15)19)26-9-17-21-22-18(23(17)3)12-6-13(7-12)20-11(2)25/h4-5,8,12-13H,6-7,9H2,1-3H3,(H,20,25). The van der Waals surface area contributed by atoms with E-state index in [1.807, 2.05) is 11.6 Å². The molecule has 0 unspecified atom stereocenters. The molecule has 0 saturated heterocycles. The Balaban J connectivity index is 1.60. The molecule has 1 aliphatic rings. The minimum absolute atomic E-state index is 0.0245. The molecule has 0 radical (unpaired) electrons. The van der Waals surface area contributed by atoms with Gasteiger partial charge in [0, 0.05) is 32.0 Å². The lowest BCUT2D eigenvalue weighted by atomic mass is 9.79. The summed E-state index contributed by atoms with van der Waals surface area (Å²) in [5, 5.41) is 11.2. The first-order valence-electron chi connectivity index (χ1n) is 8.43. The molecular formula is C18H21FN4O3. The Labute approximate surface area is 150 Å². The number of ketones is 1. The summed E-state index contributed by atoms with van der Waals surface area (Å²) in [6.45, 7) is 2.97. The third-order valence-corrected chi connectivity index (χ3v) is 4.60. The normalized spacial score (nSPS) is 18.9. The van der Waals surface area contributed by atoms with Gasteiger partial charge < -0.3 is 14.6 Å². The van der Waals surface area contributed by atoms with Crippen molar-refractivity contribution in [3.63, 3.8) is 0 Å². The molecule has 0 aliphatic heterocycles. The van der Waals surface area contributed by atoms with E-state index in [0.29, 0.717) is 11.6 Å². The van der Waals surface area contributed by atoms with Crippen LogP contribution in [0.2, 0.25) is 0 Å². The van der Waals surface area contributed by atoms with Gasteiger partial charge in [-0.15, -0.1) is 10.2 Å². The van der Waals surface area contributed by atoms with Crippen LogP contribution in [0.3, 0.4) is 0 Å². The third-order valence-electron chi connectivity index (χ3n) is 4.60. The molecule has 7 nitrogen and oxygen atoms in total. The highest BCUT2D eigenvalue weighted by molar-refractivity contribution is 5.94. The lowest BCUT2D eigenvalue weighted by molar-refractivity contribution is -0.120. The Hall–Kier alpha value is -2.77. The van der Waals surface area contributed by atoms with E-state index in [2.05, 4.69) is 15.5 Å². The molecule has 0 atom stereocenters. The van der Waals surface area contributed by atoms with Crippen molar-refractivity contribution >= 4 is 11.7 Å². The molecule has 1 aliphatic carbocycles. The van der Waals surface area contributed by atoms with Crippen molar-refractivity contribution in [2.24, 2.45) is 7.05 Å². The van der Waals surface area contributed by atoms with Gasteiger partial charge in [-0.05, 0) is 31.9 Å². The lowest BCUT2D eigenvalue weighted by Crippen LogP contribution is -2.43. The molecule has 1 aromatic carbocycles. The summed E-state index contributed by atoms with van der Waals surface area (Å²) in [4.78, 5) is 22.3. The van der Waals surface area contributed by atoms with Crippen molar-refractivity contribution in [2.45, 2.75) is 45.3 Å². The van der Waals surface area contributed by atoms with Gasteiger partial charge in [-0.2, -0.15) is 0 Å². The largest absolute Gasteiger partial charge is 0.486 e. The fraction of sp³-hybridized carbons (Fsp3) is 0.444. The van der Waals surface area contributed by atoms with Crippen LogP contribution in [0.5, 0.6) is 5.75 Å². The highest BCUT2D eigenvalue weighted by atomic mass is 19.1. The van der Waals surface area contributed by atoms with E-state index in [0.717, 1.165) is 18.7 Å². The Morgan fingerprint density at radius 3 is 2.65 bits per heavy atom. The topological polar surface area (TPSA) is 86.1 Å². The number of hydrogen-bond donors (Lipinski definition) is 1. The lowest BCUT2D eigenvalue weighted by Gasteiger charge is -2.34. The number of nitrogens with one attached hydrogen (secondary N) is 1. The number of rotatable bonds is 6. The summed E-state index contributed by atoms with van der Waals surface area (Å²) in [7, 11) is 1.86. The Morgan fingerprint density at radius 2 is 2.04 bits per heavy atom. The van der Waals surface area contributed by atoms with E-state index in [1.54, 1.807) is 6.07 Å². The van der Waals surface area contributed by atoms with Crippen molar-refractivity contribution in [2.75, 3.05) is 0 Å². The van der Waals surface area contributed by atoms with Crippen molar-refractivity contribution in [1.82, 2.24) is 20.1 Å². The minimum atomic E-state index is -0.605. The summed E-state index contributed by atoms with van der Waals surface area (Å²) in [5.41, 5.74) is 0.0389. The first-order valence-corrected chi connectivity index (χ1v) is 8.43. The molecule has 1 N–H and O–H groups in total. The molecule has 1 heterocycles. The fourth-order valence-corrected chi connectivity index (χ4v) is 3.11. The molecule has 1 fully saturated rings. The Morgan fingerprint density at radius 1 is 1.31 bits per heavy atom. The zero-order valence-electron chi connectivity index (χ0n) is 15.0. The predicted molar refractivity (Wildman–Crippen MR) is 91.3 cm³/mol. The second-order valence-corrected chi connectivity index (χ2v) is 6.59. The summed E-state index contributed by atoms with van der Waals surface area (Å²) in [5.74, 6) is 1.10. The average molecular weight is 360 g/mol. The summed E-state index contributed by atoms with van der Waals surface area (Å²) in [6.07, 6.45) is 1.67. The molecule has 3 rings (SSSR count). The van der Waals surface area contributed by atoms with E-state index in [-0.39, 0.29) is 35.8 Å². The van der Waals surface area contributed by atoms with Gasteiger partial charge in [0.05, 0.1) is 5.56 Å². The van der Waals surface area contributed by atoms with E-state index in [4.69, 9.17) is 4.74 Å². The fourth-order valence-electron chi connectivity index (χ4n) is 3.11. The van der Waals surface area contributed by atoms with Crippen LogP contribution in [0.15, 0.2) is 18.2 Å². The molecule has 26 heavy (non-hydrogen) atoms. The molecule has 1 saturated carbocycles. The number of nitrogens with zero attached hydrogens (tertiary/aromatic N) is 3. The van der Waals surface area contributed by atoms with Crippen LogP contribution in [-0.2, 0) is 18.4 Å². The summed E-state index contributed by atoms with van der Waals surface area (Å²) < 4.78 is 21.3. The second-order valence-electron chi connectivity index (χ2n) is 6.59. The van der Waals surface area contributed by atoms with Crippen molar-refractivity contribution in [3.8, 4) is 5.75 Å². The van der Waals surface area contributed by atoms with E-state index >= 15 is 0 Å². The number of Topliss-reactive ketones (excluding diaryl/α,β-unsaturated/α-hetero) is 1. The molecule has 1 amide bonds. The number of aromatic nitrogens is 3. The maximum Gasteiger partial charge on any atom is 0.217 e. The first kappa shape index (κ1) is 18.0. The molecule has 8 heteroatoms. The van der Waals surface area contributed by atoms with Crippen molar-refractivity contribution in [1.29, 1.82) is 0 Å². The van der Waals surface area contributed by atoms with Crippen molar-refractivity contribution < 1.29 is 18.7 Å². The number of hydrogen-bond acceptors (Lipinski definition) is 5. The van der Waals surface area contributed by atoms with Gasteiger partial charge >= 0.3 is 0 Å². The zero-order chi connectivity index (χ0) is 18.8. The molecule has 1 aromatic heterocycles. The molecule has 0 bridgehead atoms. The Kier molecular flexibility index (Phi) is 5.01. The highest BCUT2D eigenvalue weighted by Crippen LogP contribution is 2.35. The van der Waals surface area contributed by atoms with Gasteiger partial charge in [0.15, 0.2) is 11.6 Å². The first-order chi connectivity index (χ1) is 12.3. The summed E-state index contributed by atoms with van der Waals surface area (Å²) in [6, 6.07) is 4.35. The Bertz CT molecular complexity index is 843. The van der Waals surface area contributed by atoms with E-state index in [9.17, 15) is 14.0 Å². The van der Waals surface area contributed by atoms with Crippen LogP contribution in [0.1, 0.15) is 54.6 Å². The van der Waals surface area contributed by atoms with Crippen LogP contribution in [0.4, 0.5) is 4.39 Å². The van der Waals surface area contributed by atoms with Crippen molar-refractivity contribution in [3.05, 3.63) is 41.2 Å². The van der Waals surface area contributed by atoms with Gasteiger partial charge in [-0.1, -0.05) is 0 Å². The number of amides is 1. The van der Waals surface area contributed by atoms with E-state index in [1.165, 1.54) is 26.0 Å². The van der Waals surface area contributed by atoms with Crippen LogP contribution < -0.4 is 10.1 Å². The molecule has 138 valence electrons. The number of benzene rings is 1. The van der Waals surface area contributed by atoms with Gasteiger partial charge in [0.1, 0.15) is 24.0 Å². The maximum absolute atomic E-state index is 13.8. The van der Waals surface area contributed by atoms with Gasteiger partial charge in [-0.25, -0.2) is 4.39 Å². The molecule has 2 aromatic rings. The number of halogens is 1. The summed E-state index contributed by atoms with van der Waals surface area (Å²) >= 11 is 0. The van der Waals surface area contributed by atoms with E-state index < -0.39 is 5.82 Å². The van der Waals surface area contributed by atoms with Crippen LogP contribution in [-0.4, -0.2) is 32.5 Å². The van der Waals surface area contributed by atoms with Gasteiger partial charge in [0.2, 0.25) is 5.91 Å².